The predicted octanol–water partition coefficient (Wildman–Crippen LogP) is 6.20. The first kappa shape index (κ1) is 12.0. The van der Waals surface area contributed by atoms with Crippen LogP contribution >= 0.6 is 11.3 Å². The quantitative estimate of drug-likeness (QED) is 0.379. The van der Waals surface area contributed by atoms with Crippen molar-refractivity contribution in [3.8, 4) is 11.1 Å². The minimum atomic E-state index is 1.20. The molecular formula is C20H13NS. The molecule has 1 N–H and O–H groups in total. The molecule has 0 aliphatic heterocycles. The average molecular weight is 299 g/mol. The fourth-order valence-corrected chi connectivity index (χ4v) is 4.15. The zero-order chi connectivity index (χ0) is 14.5. The second-order valence-electron chi connectivity index (χ2n) is 5.54. The maximum Gasteiger partial charge on any atom is 0.0559 e. The van der Waals surface area contributed by atoms with Gasteiger partial charge in [0.05, 0.1) is 5.52 Å². The molecule has 104 valence electrons. The largest absolute Gasteiger partial charge is 0.354 e. The van der Waals surface area contributed by atoms with Crippen LogP contribution in [0.3, 0.4) is 0 Å². The molecule has 2 heteroatoms. The van der Waals surface area contributed by atoms with Crippen molar-refractivity contribution in [2.45, 2.75) is 0 Å². The van der Waals surface area contributed by atoms with Gasteiger partial charge in [0.25, 0.3) is 0 Å². The Hall–Kier alpha value is -2.58. The van der Waals surface area contributed by atoms with E-state index in [0.717, 1.165) is 0 Å². The molecule has 5 rings (SSSR count). The molecule has 3 aromatic carbocycles. The van der Waals surface area contributed by atoms with E-state index in [2.05, 4.69) is 77.1 Å². The minimum absolute atomic E-state index is 1.20. The van der Waals surface area contributed by atoms with Crippen molar-refractivity contribution in [3.63, 3.8) is 0 Å². The first-order valence-corrected chi connectivity index (χ1v) is 8.26. The monoisotopic (exact) mass is 299 g/mol. The van der Waals surface area contributed by atoms with Crippen molar-refractivity contribution in [2.75, 3.05) is 0 Å². The van der Waals surface area contributed by atoms with Gasteiger partial charge in [0.2, 0.25) is 0 Å². The molecule has 0 spiro atoms. The molecule has 2 aromatic heterocycles. The van der Waals surface area contributed by atoms with Crippen LogP contribution in [0.1, 0.15) is 0 Å². The molecule has 0 radical (unpaired) electrons. The number of rotatable bonds is 1. The lowest BCUT2D eigenvalue weighted by molar-refractivity contribution is 1.57. The highest BCUT2D eigenvalue weighted by atomic mass is 32.1. The third-order valence-electron chi connectivity index (χ3n) is 4.30. The van der Waals surface area contributed by atoms with E-state index in [0.29, 0.717) is 0 Å². The van der Waals surface area contributed by atoms with Crippen LogP contribution in [0.25, 0.3) is 43.0 Å². The molecule has 2 heterocycles. The van der Waals surface area contributed by atoms with Gasteiger partial charge in [0.1, 0.15) is 0 Å². The smallest absolute Gasteiger partial charge is 0.0559 e. The number of para-hydroxylation sites is 1. The third kappa shape index (κ3) is 1.59. The summed E-state index contributed by atoms with van der Waals surface area (Å²) < 4.78 is 1.33. The molecule has 0 saturated carbocycles. The van der Waals surface area contributed by atoms with E-state index in [9.17, 15) is 0 Å². The van der Waals surface area contributed by atoms with Crippen molar-refractivity contribution in [3.05, 3.63) is 72.1 Å². The van der Waals surface area contributed by atoms with E-state index in [1.54, 1.807) is 11.3 Å². The fourth-order valence-electron chi connectivity index (χ4n) is 3.31. The van der Waals surface area contributed by atoms with Crippen LogP contribution in [-0.4, -0.2) is 4.98 Å². The summed E-state index contributed by atoms with van der Waals surface area (Å²) in [5, 5.41) is 6.11. The first-order valence-electron chi connectivity index (χ1n) is 7.38. The standard InChI is InChI=1S/C20H13NS/c1-2-6-13(7-3-1)16-12-18-15(10-11-22-18)20-19(16)14-8-4-5-9-17(14)21-20/h1-12,21H. The summed E-state index contributed by atoms with van der Waals surface area (Å²) in [6.45, 7) is 0. The number of nitrogens with one attached hydrogen (secondary N) is 1. The number of aromatic amines is 1. The second kappa shape index (κ2) is 4.46. The zero-order valence-corrected chi connectivity index (χ0v) is 12.7. The maximum absolute atomic E-state index is 3.62. The summed E-state index contributed by atoms with van der Waals surface area (Å²) in [7, 11) is 0. The van der Waals surface area contributed by atoms with Crippen LogP contribution in [0.4, 0.5) is 0 Å². The van der Waals surface area contributed by atoms with Gasteiger partial charge in [-0.3, -0.25) is 0 Å². The average Bonchev–Trinajstić information content (AvgIpc) is 3.19. The highest BCUT2D eigenvalue weighted by Crippen LogP contribution is 2.40. The maximum atomic E-state index is 3.62. The van der Waals surface area contributed by atoms with Crippen molar-refractivity contribution >= 4 is 43.2 Å². The molecule has 0 atom stereocenters. The number of hydrogen-bond acceptors (Lipinski definition) is 1. The van der Waals surface area contributed by atoms with Crippen molar-refractivity contribution in [2.24, 2.45) is 0 Å². The van der Waals surface area contributed by atoms with E-state index in [1.165, 1.54) is 43.0 Å². The Kier molecular flexibility index (Phi) is 2.43. The lowest BCUT2D eigenvalue weighted by atomic mass is 9.98. The van der Waals surface area contributed by atoms with Gasteiger partial charge in [0, 0.05) is 26.4 Å². The van der Waals surface area contributed by atoms with E-state index in [1.807, 2.05) is 0 Å². The summed E-state index contributed by atoms with van der Waals surface area (Å²) in [6, 6.07) is 23.8. The molecule has 0 bridgehead atoms. The zero-order valence-electron chi connectivity index (χ0n) is 11.8. The Morgan fingerprint density at radius 1 is 0.773 bits per heavy atom. The molecule has 22 heavy (non-hydrogen) atoms. The minimum Gasteiger partial charge on any atom is -0.354 e. The highest BCUT2D eigenvalue weighted by molar-refractivity contribution is 7.17. The number of aromatic nitrogens is 1. The van der Waals surface area contributed by atoms with Gasteiger partial charge in [-0.25, -0.2) is 0 Å². The Bertz CT molecular complexity index is 1120. The normalized spacial score (nSPS) is 11.6. The summed E-state index contributed by atoms with van der Waals surface area (Å²) in [6.07, 6.45) is 0. The van der Waals surface area contributed by atoms with Gasteiger partial charge in [-0.1, -0.05) is 48.5 Å². The van der Waals surface area contributed by atoms with Crippen LogP contribution in [0.5, 0.6) is 0 Å². The van der Waals surface area contributed by atoms with Gasteiger partial charge in [-0.15, -0.1) is 11.3 Å². The Morgan fingerprint density at radius 2 is 1.59 bits per heavy atom. The molecule has 0 unspecified atom stereocenters. The van der Waals surface area contributed by atoms with Crippen LogP contribution in [-0.2, 0) is 0 Å². The van der Waals surface area contributed by atoms with Gasteiger partial charge >= 0.3 is 0 Å². The number of hydrogen-bond donors (Lipinski definition) is 1. The van der Waals surface area contributed by atoms with Crippen LogP contribution in [0, 0.1) is 0 Å². The lowest BCUT2D eigenvalue weighted by Gasteiger charge is -2.06. The van der Waals surface area contributed by atoms with Crippen LogP contribution < -0.4 is 0 Å². The fraction of sp³-hybridized carbons (Fsp3) is 0. The summed E-state index contributed by atoms with van der Waals surface area (Å²) >= 11 is 1.80. The molecule has 1 nitrogen and oxygen atoms in total. The van der Waals surface area contributed by atoms with Crippen LogP contribution in [0.2, 0.25) is 0 Å². The topological polar surface area (TPSA) is 15.8 Å². The highest BCUT2D eigenvalue weighted by Gasteiger charge is 2.14. The molecular weight excluding hydrogens is 286 g/mol. The first-order chi connectivity index (χ1) is 10.9. The Balaban J connectivity index is 2.06. The third-order valence-corrected chi connectivity index (χ3v) is 5.16. The van der Waals surface area contributed by atoms with E-state index in [-0.39, 0.29) is 0 Å². The van der Waals surface area contributed by atoms with Crippen molar-refractivity contribution in [1.29, 1.82) is 0 Å². The summed E-state index contributed by atoms with van der Waals surface area (Å²) in [4.78, 5) is 3.62. The van der Waals surface area contributed by atoms with Crippen molar-refractivity contribution in [1.82, 2.24) is 4.98 Å². The molecule has 0 amide bonds. The number of thiophene rings is 1. The van der Waals surface area contributed by atoms with Gasteiger partial charge in [-0.05, 0) is 34.7 Å². The van der Waals surface area contributed by atoms with E-state index >= 15 is 0 Å². The summed E-state index contributed by atoms with van der Waals surface area (Å²) in [5.74, 6) is 0. The predicted molar refractivity (Wildman–Crippen MR) is 96.6 cm³/mol. The van der Waals surface area contributed by atoms with Crippen molar-refractivity contribution < 1.29 is 0 Å². The molecule has 0 aliphatic carbocycles. The molecule has 0 saturated heterocycles. The number of fused-ring (bicyclic) bond motifs is 5. The van der Waals surface area contributed by atoms with Gasteiger partial charge < -0.3 is 4.98 Å². The van der Waals surface area contributed by atoms with Crippen LogP contribution in [0.15, 0.2) is 72.1 Å². The van der Waals surface area contributed by atoms with E-state index in [4.69, 9.17) is 0 Å². The molecule has 0 fully saturated rings. The summed E-state index contributed by atoms with van der Waals surface area (Å²) in [5.41, 5.74) is 5.03. The molecule has 5 aromatic rings. The molecule has 0 aliphatic rings. The second-order valence-corrected chi connectivity index (χ2v) is 6.49. The Morgan fingerprint density at radius 3 is 2.50 bits per heavy atom. The Labute approximate surface area is 131 Å². The van der Waals surface area contributed by atoms with Gasteiger partial charge in [-0.2, -0.15) is 0 Å². The van der Waals surface area contributed by atoms with Gasteiger partial charge in [0.15, 0.2) is 0 Å². The number of H-pyrrole nitrogens is 1. The lowest BCUT2D eigenvalue weighted by Crippen LogP contribution is -1.80. The SMILES string of the molecule is c1ccc(-c2cc3sccc3c3[nH]c4ccccc4c23)cc1. The number of benzene rings is 3. The van der Waals surface area contributed by atoms with E-state index < -0.39 is 0 Å².